The van der Waals surface area contributed by atoms with Crippen molar-refractivity contribution in [1.29, 1.82) is 0 Å². The maximum Gasteiger partial charge on any atom is 0.490 e. The number of alkyl halides is 3. The van der Waals surface area contributed by atoms with Gasteiger partial charge in [-0.05, 0) is 32.3 Å². The summed E-state index contributed by atoms with van der Waals surface area (Å²) in [6, 6.07) is 2.13. The topological polar surface area (TPSA) is 116 Å². The third kappa shape index (κ3) is 6.37. The van der Waals surface area contributed by atoms with Crippen LogP contribution in [0.1, 0.15) is 30.7 Å². The molecular weight excluding hydrogens is 417 g/mol. The molecule has 0 radical (unpaired) electrons. The van der Waals surface area contributed by atoms with Crippen LogP contribution in [0.15, 0.2) is 24.8 Å². The maximum atomic E-state index is 10.6. The predicted octanol–water partition coefficient (Wildman–Crippen LogP) is 2.38. The molecule has 170 valence electrons. The molecule has 4 rings (SSSR count). The van der Waals surface area contributed by atoms with Crippen molar-refractivity contribution in [3.63, 3.8) is 0 Å². The molecule has 2 aromatic heterocycles. The summed E-state index contributed by atoms with van der Waals surface area (Å²) >= 11 is 0. The highest BCUT2D eigenvalue weighted by Crippen LogP contribution is 2.37. The van der Waals surface area contributed by atoms with Crippen molar-refractivity contribution >= 4 is 11.9 Å². The van der Waals surface area contributed by atoms with Crippen LogP contribution in [0, 0.1) is 6.92 Å². The summed E-state index contributed by atoms with van der Waals surface area (Å²) in [5, 5.41) is 10.5. The lowest BCUT2D eigenvalue weighted by atomic mass is 9.87. The van der Waals surface area contributed by atoms with Gasteiger partial charge in [-0.3, -0.25) is 4.90 Å². The Balaban J connectivity index is 0.000000339. The molecule has 0 aliphatic carbocycles. The second-order valence-electron chi connectivity index (χ2n) is 7.67. The number of nitrogens with one attached hydrogen (secondary N) is 2. The standard InChI is InChI=1S/C17H24N6O.C2HF3O2/c1-13-15(21-12-20-13)10-23-7-3-17(4-8-23)9-14(11-24-17)22-16-18-5-2-6-19-16;3-2(4,5)1(6)7/h2,5-6,12,14H,3-4,7-11H2,1H3,(H,20,21)(H,18,19,22);(H,6,7). The molecule has 2 aromatic rings. The number of nitrogens with zero attached hydrogens (tertiary/aromatic N) is 4. The lowest BCUT2D eigenvalue weighted by molar-refractivity contribution is -0.192. The van der Waals surface area contributed by atoms with Crippen LogP contribution in [0.25, 0.3) is 0 Å². The Labute approximate surface area is 177 Å². The van der Waals surface area contributed by atoms with Crippen LogP contribution in [0.2, 0.25) is 0 Å². The lowest BCUT2D eigenvalue weighted by Crippen LogP contribution is -2.44. The number of aliphatic carboxylic acids is 1. The van der Waals surface area contributed by atoms with Crippen LogP contribution in [-0.4, -0.2) is 73.4 Å². The van der Waals surface area contributed by atoms with Crippen LogP contribution >= 0.6 is 0 Å². The number of aromatic nitrogens is 4. The molecule has 2 saturated heterocycles. The number of aromatic amines is 1. The molecule has 2 aliphatic rings. The van der Waals surface area contributed by atoms with E-state index in [1.807, 2.05) is 6.07 Å². The van der Waals surface area contributed by atoms with Gasteiger partial charge < -0.3 is 20.1 Å². The Kier molecular flexibility index (Phi) is 7.11. The number of piperidine rings is 1. The third-order valence-corrected chi connectivity index (χ3v) is 5.43. The summed E-state index contributed by atoms with van der Waals surface area (Å²) < 4.78 is 37.9. The summed E-state index contributed by atoms with van der Waals surface area (Å²) in [5.74, 6) is -2.07. The highest BCUT2D eigenvalue weighted by molar-refractivity contribution is 5.73. The summed E-state index contributed by atoms with van der Waals surface area (Å²) in [6.45, 7) is 5.85. The summed E-state index contributed by atoms with van der Waals surface area (Å²) in [5.41, 5.74) is 2.34. The van der Waals surface area contributed by atoms with Gasteiger partial charge in [0.1, 0.15) is 0 Å². The first kappa shape index (κ1) is 22.9. The van der Waals surface area contributed by atoms with E-state index in [1.54, 1.807) is 18.7 Å². The fraction of sp³-hybridized carbons (Fsp3) is 0.579. The van der Waals surface area contributed by atoms with Crippen molar-refractivity contribution < 1.29 is 27.8 Å². The molecule has 31 heavy (non-hydrogen) atoms. The van der Waals surface area contributed by atoms with Gasteiger partial charge >= 0.3 is 12.1 Å². The smallest absolute Gasteiger partial charge is 0.475 e. The Hall–Kier alpha value is -2.73. The molecule has 0 saturated carbocycles. The van der Waals surface area contributed by atoms with Crippen molar-refractivity contribution in [3.05, 3.63) is 36.2 Å². The van der Waals surface area contributed by atoms with Gasteiger partial charge in [-0.2, -0.15) is 13.2 Å². The van der Waals surface area contributed by atoms with Crippen LogP contribution < -0.4 is 5.32 Å². The van der Waals surface area contributed by atoms with Crippen molar-refractivity contribution in [2.45, 2.75) is 50.6 Å². The number of ether oxygens (including phenoxy) is 1. The van der Waals surface area contributed by atoms with Crippen LogP contribution in [0.4, 0.5) is 19.1 Å². The first-order chi connectivity index (χ1) is 14.7. The predicted molar refractivity (Wildman–Crippen MR) is 104 cm³/mol. The monoisotopic (exact) mass is 442 g/mol. The van der Waals surface area contributed by atoms with E-state index in [0.29, 0.717) is 12.0 Å². The molecule has 0 amide bonds. The SMILES string of the molecule is Cc1[nH]cnc1CN1CCC2(CC1)CC(Nc1ncccn1)CO2.O=C(O)C(F)(F)F. The van der Waals surface area contributed by atoms with Crippen LogP contribution in [0.5, 0.6) is 0 Å². The highest BCUT2D eigenvalue weighted by Gasteiger charge is 2.43. The van der Waals surface area contributed by atoms with Crippen molar-refractivity contribution in [3.8, 4) is 0 Å². The molecule has 12 heteroatoms. The number of rotatable bonds is 4. The van der Waals surface area contributed by atoms with Gasteiger partial charge in [-0.1, -0.05) is 0 Å². The van der Waals surface area contributed by atoms with E-state index in [9.17, 15) is 13.2 Å². The first-order valence-corrected chi connectivity index (χ1v) is 9.86. The summed E-state index contributed by atoms with van der Waals surface area (Å²) in [4.78, 5) is 27.4. The van der Waals surface area contributed by atoms with E-state index < -0.39 is 12.1 Å². The number of carbonyl (C=O) groups is 1. The van der Waals surface area contributed by atoms with E-state index in [2.05, 4.69) is 37.1 Å². The number of hydrogen-bond acceptors (Lipinski definition) is 7. The van der Waals surface area contributed by atoms with Gasteiger partial charge in [-0.25, -0.2) is 19.7 Å². The number of carboxylic acid groups (broad SMARTS) is 1. The fourth-order valence-corrected chi connectivity index (χ4v) is 3.72. The molecule has 0 aromatic carbocycles. The molecule has 3 N–H and O–H groups in total. The Morgan fingerprint density at radius 2 is 1.97 bits per heavy atom. The van der Waals surface area contributed by atoms with Gasteiger partial charge in [0.15, 0.2) is 0 Å². The van der Waals surface area contributed by atoms with Gasteiger partial charge in [0.05, 0.1) is 30.3 Å². The number of H-pyrrole nitrogens is 1. The number of imidazole rings is 1. The molecule has 1 spiro atoms. The number of hydrogen-bond donors (Lipinski definition) is 3. The highest BCUT2D eigenvalue weighted by atomic mass is 19.4. The van der Waals surface area contributed by atoms with E-state index in [4.69, 9.17) is 14.6 Å². The number of halogens is 3. The zero-order chi connectivity index (χ0) is 22.5. The molecular formula is C19H25F3N6O3. The molecule has 1 atom stereocenters. The average molecular weight is 442 g/mol. The van der Waals surface area contributed by atoms with Crippen molar-refractivity contribution in [2.24, 2.45) is 0 Å². The molecule has 4 heterocycles. The summed E-state index contributed by atoms with van der Waals surface area (Å²) in [6.07, 6.45) is 3.39. The number of anilines is 1. The minimum absolute atomic E-state index is 0.0174. The van der Waals surface area contributed by atoms with Gasteiger partial charge in [-0.15, -0.1) is 0 Å². The number of carboxylic acids is 1. The fourth-order valence-electron chi connectivity index (χ4n) is 3.72. The van der Waals surface area contributed by atoms with Crippen molar-refractivity contribution in [2.75, 3.05) is 25.0 Å². The Bertz CT molecular complexity index is 853. The van der Waals surface area contributed by atoms with E-state index in [-0.39, 0.29) is 5.60 Å². The van der Waals surface area contributed by atoms with E-state index in [1.165, 1.54) is 5.69 Å². The second kappa shape index (κ2) is 9.60. The van der Waals surface area contributed by atoms with Gasteiger partial charge in [0, 0.05) is 37.7 Å². The van der Waals surface area contributed by atoms with E-state index in [0.717, 1.165) is 51.2 Å². The minimum atomic E-state index is -5.08. The normalized spacial score (nSPS) is 20.8. The van der Waals surface area contributed by atoms with Gasteiger partial charge in [0.2, 0.25) is 5.95 Å². The Morgan fingerprint density at radius 3 is 2.52 bits per heavy atom. The average Bonchev–Trinajstić information content (AvgIpc) is 3.31. The Morgan fingerprint density at radius 1 is 1.32 bits per heavy atom. The molecule has 2 aliphatic heterocycles. The quantitative estimate of drug-likeness (QED) is 0.661. The molecule has 0 bridgehead atoms. The van der Waals surface area contributed by atoms with Crippen LogP contribution in [0.3, 0.4) is 0 Å². The largest absolute Gasteiger partial charge is 0.490 e. The first-order valence-electron chi connectivity index (χ1n) is 9.86. The maximum absolute atomic E-state index is 10.6. The zero-order valence-electron chi connectivity index (χ0n) is 17.0. The third-order valence-electron chi connectivity index (χ3n) is 5.43. The minimum Gasteiger partial charge on any atom is -0.475 e. The van der Waals surface area contributed by atoms with Crippen LogP contribution in [-0.2, 0) is 16.1 Å². The molecule has 9 nitrogen and oxygen atoms in total. The van der Waals surface area contributed by atoms with Crippen molar-refractivity contribution in [1.82, 2.24) is 24.8 Å². The summed E-state index contributed by atoms with van der Waals surface area (Å²) in [7, 11) is 0. The second-order valence-corrected chi connectivity index (χ2v) is 7.67. The molecule has 2 fully saturated rings. The number of aryl methyl sites for hydroxylation is 1. The van der Waals surface area contributed by atoms with Gasteiger partial charge in [0.25, 0.3) is 0 Å². The van der Waals surface area contributed by atoms with E-state index >= 15 is 0 Å². The zero-order valence-corrected chi connectivity index (χ0v) is 17.0. The lowest BCUT2D eigenvalue weighted by Gasteiger charge is -2.38. The molecule has 1 unspecified atom stereocenters. The number of likely N-dealkylation sites (tertiary alicyclic amines) is 1.